The first-order chi connectivity index (χ1) is 12.0. The van der Waals surface area contributed by atoms with E-state index >= 15 is 0 Å². The van der Waals surface area contributed by atoms with E-state index in [2.05, 4.69) is 32.0 Å². The summed E-state index contributed by atoms with van der Waals surface area (Å²) in [6.45, 7) is 7.76. The molecular weight excluding hydrogens is 306 g/mol. The van der Waals surface area contributed by atoms with E-state index in [-0.39, 0.29) is 0 Å². The zero-order valence-electron chi connectivity index (χ0n) is 16.3. The Morgan fingerprint density at radius 2 is 1.76 bits per heavy atom. The Kier molecular flexibility index (Phi) is 3.67. The van der Waals surface area contributed by atoms with E-state index in [0.29, 0.717) is 16.7 Å². The Hall–Kier alpha value is -0.790. The highest BCUT2D eigenvalue weighted by molar-refractivity contribution is 5.17. The number of hydrogen-bond acceptors (Lipinski definition) is 2. The lowest BCUT2D eigenvalue weighted by atomic mass is 9.44. The Bertz CT molecular complexity index is 624. The van der Waals surface area contributed by atoms with E-state index in [9.17, 15) is 0 Å². The van der Waals surface area contributed by atoms with Crippen LogP contribution in [0.2, 0.25) is 0 Å². The normalized spacial score (nSPS) is 52.3. The molecule has 4 aliphatic rings. The number of rotatable bonds is 1. The van der Waals surface area contributed by atoms with Crippen LogP contribution in [-0.4, -0.2) is 5.16 Å². The summed E-state index contributed by atoms with van der Waals surface area (Å²) in [4.78, 5) is 0. The highest BCUT2D eigenvalue weighted by atomic mass is 16.5. The molecule has 0 saturated heterocycles. The zero-order chi connectivity index (χ0) is 17.2. The minimum absolute atomic E-state index is 0.450. The monoisotopic (exact) mass is 341 g/mol. The number of fused-ring (bicyclic) bond motifs is 5. The summed E-state index contributed by atoms with van der Waals surface area (Å²) in [5, 5.41) is 4.01. The summed E-state index contributed by atoms with van der Waals surface area (Å²) in [7, 11) is 0. The highest BCUT2D eigenvalue weighted by Gasteiger charge is 2.60. The largest absolute Gasteiger partial charge is 0.361 e. The van der Waals surface area contributed by atoms with Crippen molar-refractivity contribution in [3.05, 3.63) is 18.0 Å². The second-order valence-electron chi connectivity index (χ2n) is 10.6. The van der Waals surface area contributed by atoms with E-state index in [0.717, 1.165) is 35.3 Å². The van der Waals surface area contributed by atoms with Gasteiger partial charge in [-0.25, -0.2) is 0 Å². The molecule has 0 radical (unpaired) electrons. The molecule has 0 amide bonds. The standard InChI is InChI=1S/C23H35NO/c1-15-8-11-22(2)16(14-15)4-5-17-18-6-7-20(21-10-13-24-25-21)23(18,3)12-9-19(17)22/h10,13,15-20H,4-9,11-12,14H2,1-3H3. The van der Waals surface area contributed by atoms with Crippen LogP contribution in [0.1, 0.15) is 90.2 Å². The third-order valence-electron chi connectivity index (χ3n) is 9.73. The molecule has 4 fully saturated rings. The van der Waals surface area contributed by atoms with Gasteiger partial charge in [-0.05, 0) is 91.8 Å². The van der Waals surface area contributed by atoms with E-state index < -0.39 is 0 Å². The lowest BCUT2D eigenvalue weighted by Gasteiger charge is -2.61. The van der Waals surface area contributed by atoms with Gasteiger partial charge in [0.05, 0.1) is 6.20 Å². The van der Waals surface area contributed by atoms with Crippen molar-refractivity contribution < 1.29 is 4.52 Å². The molecule has 0 aliphatic heterocycles. The van der Waals surface area contributed by atoms with Crippen molar-refractivity contribution in [2.75, 3.05) is 0 Å². The van der Waals surface area contributed by atoms with Crippen molar-refractivity contribution in [2.45, 2.75) is 84.5 Å². The molecule has 0 bridgehead atoms. The third-order valence-corrected chi connectivity index (χ3v) is 9.73. The molecule has 0 spiro atoms. The average Bonchev–Trinajstić information content (AvgIpc) is 3.22. The first-order valence-corrected chi connectivity index (χ1v) is 10.9. The van der Waals surface area contributed by atoms with E-state index in [1.54, 1.807) is 0 Å². The second kappa shape index (κ2) is 5.60. The van der Waals surface area contributed by atoms with Crippen LogP contribution in [0.15, 0.2) is 16.8 Å². The maximum Gasteiger partial charge on any atom is 0.140 e. The van der Waals surface area contributed by atoms with Crippen LogP contribution in [0.25, 0.3) is 0 Å². The van der Waals surface area contributed by atoms with Crippen molar-refractivity contribution in [3.63, 3.8) is 0 Å². The Morgan fingerprint density at radius 1 is 0.960 bits per heavy atom. The van der Waals surface area contributed by atoms with Gasteiger partial charge in [0, 0.05) is 12.0 Å². The SMILES string of the molecule is CC1CCC2(C)C(CCC3C2CCC2(C)C(c4ccno4)CCC32)C1. The molecule has 0 N–H and O–H groups in total. The number of hydrogen-bond donors (Lipinski definition) is 0. The van der Waals surface area contributed by atoms with Crippen LogP contribution in [0, 0.1) is 40.4 Å². The summed E-state index contributed by atoms with van der Waals surface area (Å²) in [5.41, 5.74) is 1.09. The van der Waals surface area contributed by atoms with Gasteiger partial charge in [0.1, 0.15) is 5.76 Å². The summed E-state index contributed by atoms with van der Waals surface area (Å²) >= 11 is 0. The minimum atomic E-state index is 0.450. The van der Waals surface area contributed by atoms with Crippen molar-refractivity contribution in [3.8, 4) is 0 Å². The average molecular weight is 342 g/mol. The van der Waals surface area contributed by atoms with E-state index in [4.69, 9.17) is 4.52 Å². The fraction of sp³-hybridized carbons (Fsp3) is 0.870. The number of aromatic nitrogens is 1. The Balaban J connectivity index is 1.44. The molecule has 4 saturated carbocycles. The molecular formula is C23H35NO. The van der Waals surface area contributed by atoms with Crippen molar-refractivity contribution in [2.24, 2.45) is 40.4 Å². The molecule has 5 rings (SSSR count). The highest BCUT2D eigenvalue weighted by Crippen LogP contribution is 2.69. The van der Waals surface area contributed by atoms with Gasteiger partial charge in [-0.15, -0.1) is 0 Å². The van der Waals surface area contributed by atoms with Gasteiger partial charge in [0.2, 0.25) is 0 Å². The lowest BCUT2D eigenvalue weighted by Crippen LogP contribution is -2.53. The first-order valence-electron chi connectivity index (χ1n) is 10.9. The topological polar surface area (TPSA) is 26.0 Å². The first kappa shape index (κ1) is 16.4. The minimum Gasteiger partial charge on any atom is -0.361 e. The van der Waals surface area contributed by atoms with Crippen LogP contribution >= 0.6 is 0 Å². The quantitative estimate of drug-likeness (QED) is 0.587. The molecule has 1 heterocycles. The van der Waals surface area contributed by atoms with Gasteiger partial charge in [-0.3, -0.25) is 0 Å². The fourth-order valence-corrected chi connectivity index (χ4v) is 8.35. The number of nitrogens with zero attached hydrogens (tertiary/aromatic N) is 1. The molecule has 4 aliphatic carbocycles. The molecule has 2 heteroatoms. The van der Waals surface area contributed by atoms with Crippen LogP contribution < -0.4 is 0 Å². The predicted octanol–water partition coefficient (Wildman–Crippen LogP) is 6.44. The summed E-state index contributed by atoms with van der Waals surface area (Å²) in [6.07, 6.45) is 14.9. The molecule has 8 atom stereocenters. The predicted molar refractivity (Wildman–Crippen MR) is 100 cm³/mol. The molecule has 1 aromatic heterocycles. The molecule has 8 unspecified atom stereocenters. The van der Waals surface area contributed by atoms with Crippen molar-refractivity contribution in [1.82, 2.24) is 5.16 Å². The van der Waals surface area contributed by atoms with Gasteiger partial charge in [0.15, 0.2) is 0 Å². The molecule has 1 aromatic rings. The molecule has 25 heavy (non-hydrogen) atoms. The Morgan fingerprint density at radius 3 is 2.56 bits per heavy atom. The molecule has 2 nitrogen and oxygen atoms in total. The van der Waals surface area contributed by atoms with Gasteiger partial charge in [0.25, 0.3) is 0 Å². The third kappa shape index (κ3) is 2.24. The van der Waals surface area contributed by atoms with E-state index in [1.165, 1.54) is 57.8 Å². The van der Waals surface area contributed by atoms with Crippen LogP contribution in [-0.2, 0) is 0 Å². The van der Waals surface area contributed by atoms with Crippen LogP contribution in [0.4, 0.5) is 0 Å². The molecule has 0 aromatic carbocycles. The van der Waals surface area contributed by atoms with Crippen LogP contribution in [0.5, 0.6) is 0 Å². The summed E-state index contributed by atoms with van der Waals surface area (Å²) in [6, 6.07) is 2.13. The van der Waals surface area contributed by atoms with Crippen LogP contribution in [0.3, 0.4) is 0 Å². The lowest BCUT2D eigenvalue weighted by molar-refractivity contribution is -0.113. The van der Waals surface area contributed by atoms with Gasteiger partial charge >= 0.3 is 0 Å². The summed E-state index contributed by atoms with van der Waals surface area (Å²) in [5.74, 6) is 6.62. The van der Waals surface area contributed by atoms with E-state index in [1.807, 2.05) is 6.20 Å². The van der Waals surface area contributed by atoms with Gasteiger partial charge < -0.3 is 4.52 Å². The summed E-state index contributed by atoms with van der Waals surface area (Å²) < 4.78 is 5.64. The fourth-order valence-electron chi connectivity index (χ4n) is 8.35. The maximum atomic E-state index is 5.64. The smallest absolute Gasteiger partial charge is 0.140 e. The van der Waals surface area contributed by atoms with Gasteiger partial charge in [-0.1, -0.05) is 32.3 Å². The molecule has 138 valence electrons. The maximum absolute atomic E-state index is 5.64. The van der Waals surface area contributed by atoms with Crippen molar-refractivity contribution >= 4 is 0 Å². The second-order valence-corrected chi connectivity index (χ2v) is 10.6. The Labute approximate surface area is 153 Å². The van der Waals surface area contributed by atoms with Gasteiger partial charge in [-0.2, -0.15) is 0 Å². The zero-order valence-corrected chi connectivity index (χ0v) is 16.3. The van der Waals surface area contributed by atoms with Crippen molar-refractivity contribution in [1.29, 1.82) is 0 Å².